The van der Waals surface area contributed by atoms with Crippen LogP contribution in [-0.4, -0.2) is 19.9 Å². The predicted molar refractivity (Wildman–Crippen MR) is 94.7 cm³/mol. The van der Waals surface area contributed by atoms with Gasteiger partial charge in [0.05, 0.1) is 22.9 Å². The Hall–Kier alpha value is -2.74. The highest BCUT2D eigenvalue weighted by molar-refractivity contribution is 9.10. The molecule has 8 heteroatoms. The third-order valence-corrected chi connectivity index (χ3v) is 4.01. The smallest absolute Gasteiger partial charge is 0.287 e. The van der Waals surface area contributed by atoms with E-state index in [0.29, 0.717) is 5.82 Å². The van der Waals surface area contributed by atoms with Crippen molar-refractivity contribution in [2.75, 3.05) is 5.32 Å². The zero-order chi connectivity index (χ0) is 17.1. The van der Waals surface area contributed by atoms with Crippen molar-refractivity contribution in [1.82, 2.24) is 15.0 Å². The number of hydrogen-bond donors (Lipinski definition) is 2. The van der Waals surface area contributed by atoms with E-state index in [4.69, 9.17) is 0 Å². The van der Waals surface area contributed by atoms with Gasteiger partial charge in [-0.25, -0.2) is 9.97 Å². The Kier molecular flexibility index (Phi) is 4.57. The standard InChI is InChI=1S/C16H14BrN5O2/c1-10(20-15-7-6-13(8-18-15)22(23)24)16-19-9-14(21-16)11-2-4-12(17)5-3-11/h2-10H,1H3,(H,18,20)(H,19,21)/t10-/m1/s1. The van der Waals surface area contributed by atoms with Gasteiger partial charge in [0.25, 0.3) is 5.69 Å². The molecule has 0 unspecified atom stereocenters. The quantitative estimate of drug-likeness (QED) is 0.501. The summed E-state index contributed by atoms with van der Waals surface area (Å²) in [4.78, 5) is 21.9. The summed E-state index contributed by atoms with van der Waals surface area (Å²) in [7, 11) is 0. The highest BCUT2D eigenvalue weighted by Crippen LogP contribution is 2.23. The van der Waals surface area contributed by atoms with Crippen molar-refractivity contribution in [2.24, 2.45) is 0 Å². The molecule has 24 heavy (non-hydrogen) atoms. The minimum Gasteiger partial charge on any atom is -0.360 e. The first-order chi connectivity index (χ1) is 11.5. The number of hydrogen-bond acceptors (Lipinski definition) is 5. The van der Waals surface area contributed by atoms with Crippen LogP contribution in [0.2, 0.25) is 0 Å². The van der Waals surface area contributed by atoms with Crippen LogP contribution in [0.25, 0.3) is 11.3 Å². The van der Waals surface area contributed by atoms with Crippen LogP contribution in [0.3, 0.4) is 0 Å². The Morgan fingerprint density at radius 1 is 1.17 bits per heavy atom. The molecule has 0 saturated carbocycles. The fraction of sp³-hybridized carbons (Fsp3) is 0.125. The summed E-state index contributed by atoms with van der Waals surface area (Å²) < 4.78 is 1.02. The first kappa shape index (κ1) is 16.1. The van der Waals surface area contributed by atoms with E-state index < -0.39 is 4.92 Å². The summed E-state index contributed by atoms with van der Waals surface area (Å²) in [5.41, 5.74) is 1.92. The van der Waals surface area contributed by atoms with Crippen LogP contribution in [0.5, 0.6) is 0 Å². The molecule has 3 aromatic rings. The van der Waals surface area contributed by atoms with Crippen molar-refractivity contribution in [3.05, 3.63) is 69.2 Å². The van der Waals surface area contributed by atoms with E-state index in [1.165, 1.54) is 12.3 Å². The third-order valence-electron chi connectivity index (χ3n) is 3.48. The molecule has 2 aromatic heterocycles. The number of benzene rings is 1. The molecular weight excluding hydrogens is 374 g/mol. The summed E-state index contributed by atoms with van der Waals surface area (Å²) in [6.45, 7) is 1.94. The Morgan fingerprint density at radius 2 is 1.92 bits per heavy atom. The van der Waals surface area contributed by atoms with Gasteiger partial charge in [0, 0.05) is 10.5 Å². The molecule has 0 fully saturated rings. The van der Waals surface area contributed by atoms with E-state index in [2.05, 4.69) is 36.2 Å². The van der Waals surface area contributed by atoms with Crippen LogP contribution in [0, 0.1) is 10.1 Å². The number of halogens is 1. The molecule has 0 aliphatic heterocycles. The summed E-state index contributed by atoms with van der Waals surface area (Å²) >= 11 is 3.41. The van der Waals surface area contributed by atoms with Gasteiger partial charge in [-0.1, -0.05) is 28.1 Å². The summed E-state index contributed by atoms with van der Waals surface area (Å²) in [5, 5.41) is 13.8. The van der Waals surface area contributed by atoms with E-state index >= 15 is 0 Å². The Bertz CT molecular complexity index is 846. The van der Waals surface area contributed by atoms with Gasteiger partial charge in [0.2, 0.25) is 0 Å². The monoisotopic (exact) mass is 387 g/mol. The van der Waals surface area contributed by atoms with Crippen LogP contribution in [0.4, 0.5) is 11.5 Å². The van der Waals surface area contributed by atoms with Crippen molar-refractivity contribution in [1.29, 1.82) is 0 Å². The van der Waals surface area contributed by atoms with Crippen molar-refractivity contribution in [3.63, 3.8) is 0 Å². The normalized spacial score (nSPS) is 11.9. The lowest BCUT2D eigenvalue weighted by atomic mass is 10.2. The average molecular weight is 388 g/mol. The number of anilines is 1. The molecular formula is C16H14BrN5O2. The third kappa shape index (κ3) is 3.60. The molecule has 1 atom stereocenters. The number of aromatic nitrogens is 3. The molecule has 0 aliphatic carbocycles. The fourth-order valence-electron chi connectivity index (χ4n) is 2.20. The minimum atomic E-state index is -0.475. The number of nitrogens with zero attached hydrogens (tertiary/aromatic N) is 3. The Morgan fingerprint density at radius 3 is 2.54 bits per heavy atom. The molecule has 0 bridgehead atoms. The molecule has 0 spiro atoms. The average Bonchev–Trinajstić information content (AvgIpc) is 3.06. The number of imidazole rings is 1. The zero-order valence-corrected chi connectivity index (χ0v) is 14.3. The predicted octanol–water partition coefficient (Wildman–Crippen LogP) is 4.32. The molecule has 1 aromatic carbocycles. The summed E-state index contributed by atoms with van der Waals surface area (Å²) in [6.07, 6.45) is 3.00. The van der Waals surface area contributed by atoms with Gasteiger partial charge in [0.1, 0.15) is 17.8 Å². The highest BCUT2D eigenvalue weighted by atomic mass is 79.9. The first-order valence-corrected chi connectivity index (χ1v) is 8.00. The van der Waals surface area contributed by atoms with Gasteiger partial charge in [-0.05, 0) is 30.7 Å². The lowest BCUT2D eigenvalue weighted by molar-refractivity contribution is -0.385. The maximum atomic E-state index is 10.6. The van der Waals surface area contributed by atoms with Gasteiger partial charge in [0.15, 0.2) is 0 Å². The second-order valence-electron chi connectivity index (χ2n) is 5.21. The molecule has 2 N–H and O–H groups in total. The molecule has 0 aliphatic rings. The number of nitro groups is 1. The van der Waals surface area contributed by atoms with E-state index in [0.717, 1.165) is 21.6 Å². The second-order valence-corrected chi connectivity index (χ2v) is 6.13. The molecule has 0 saturated heterocycles. The van der Waals surface area contributed by atoms with Crippen LogP contribution < -0.4 is 5.32 Å². The zero-order valence-electron chi connectivity index (χ0n) is 12.7. The molecule has 0 amide bonds. The van der Waals surface area contributed by atoms with Gasteiger partial charge in [-0.2, -0.15) is 0 Å². The fourth-order valence-corrected chi connectivity index (χ4v) is 2.47. The second kappa shape index (κ2) is 6.79. The van der Waals surface area contributed by atoms with Crippen molar-refractivity contribution in [2.45, 2.75) is 13.0 Å². The van der Waals surface area contributed by atoms with Crippen molar-refractivity contribution < 1.29 is 4.92 Å². The van der Waals surface area contributed by atoms with Crippen LogP contribution in [0.1, 0.15) is 18.8 Å². The van der Waals surface area contributed by atoms with Crippen LogP contribution in [-0.2, 0) is 0 Å². The Labute approximate surface area is 146 Å². The number of aromatic amines is 1. The van der Waals surface area contributed by atoms with Gasteiger partial charge in [-0.3, -0.25) is 10.1 Å². The molecule has 122 valence electrons. The van der Waals surface area contributed by atoms with Gasteiger partial charge >= 0.3 is 0 Å². The maximum absolute atomic E-state index is 10.6. The summed E-state index contributed by atoms with van der Waals surface area (Å²) in [5.74, 6) is 1.31. The van der Waals surface area contributed by atoms with Crippen LogP contribution in [0.15, 0.2) is 53.3 Å². The molecule has 0 radical (unpaired) electrons. The lowest BCUT2D eigenvalue weighted by Crippen LogP contribution is -2.09. The molecule has 3 rings (SSSR count). The minimum absolute atomic E-state index is 0.0382. The van der Waals surface area contributed by atoms with E-state index in [1.54, 1.807) is 12.3 Å². The number of rotatable bonds is 5. The lowest BCUT2D eigenvalue weighted by Gasteiger charge is -2.11. The first-order valence-electron chi connectivity index (χ1n) is 7.21. The van der Waals surface area contributed by atoms with Gasteiger partial charge in [-0.15, -0.1) is 0 Å². The number of pyridine rings is 1. The Balaban J connectivity index is 1.72. The maximum Gasteiger partial charge on any atom is 0.287 e. The SMILES string of the molecule is C[C@@H](Nc1ccc([N+](=O)[O-])cn1)c1ncc(-c2ccc(Br)cc2)[nH]1. The van der Waals surface area contributed by atoms with E-state index in [-0.39, 0.29) is 11.7 Å². The largest absolute Gasteiger partial charge is 0.360 e. The highest BCUT2D eigenvalue weighted by Gasteiger charge is 2.12. The topological polar surface area (TPSA) is 96.7 Å². The molecule has 2 heterocycles. The van der Waals surface area contributed by atoms with E-state index in [9.17, 15) is 10.1 Å². The number of nitrogens with one attached hydrogen (secondary N) is 2. The van der Waals surface area contributed by atoms with Crippen LogP contribution >= 0.6 is 15.9 Å². The van der Waals surface area contributed by atoms with Crippen molar-refractivity contribution >= 4 is 27.4 Å². The molecule has 7 nitrogen and oxygen atoms in total. The number of H-pyrrole nitrogens is 1. The van der Waals surface area contributed by atoms with Gasteiger partial charge < -0.3 is 10.3 Å². The summed E-state index contributed by atoms with van der Waals surface area (Å²) in [6, 6.07) is 10.8. The van der Waals surface area contributed by atoms with E-state index in [1.807, 2.05) is 31.2 Å². The van der Waals surface area contributed by atoms with Crippen molar-refractivity contribution in [3.8, 4) is 11.3 Å².